The second-order valence-corrected chi connectivity index (χ2v) is 7.82. The first-order chi connectivity index (χ1) is 18.8. The standard InChI is InChI=1S/C20H21N5O.2C2HF3O2/c1-2-6-17(7-3-1)23-19-8-10-22-20(24-19)18-15-26-12-11-25(18)14-16-5-4-9-21-13-16;2*3-2(4,5)1(6)7/h1-10,13,18H,11-12,14-15H2,(H,22,23,24);2*(H,6,7). The summed E-state index contributed by atoms with van der Waals surface area (Å²) < 4.78 is 69.2. The molecular weight excluding hydrogens is 552 g/mol. The largest absolute Gasteiger partial charge is 0.490 e. The molecule has 1 saturated heterocycles. The van der Waals surface area contributed by atoms with Crippen molar-refractivity contribution < 1.29 is 50.9 Å². The maximum atomic E-state index is 10.6. The highest BCUT2D eigenvalue weighted by Gasteiger charge is 2.38. The molecule has 3 aromatic rings. The molecule has 3 heterocycles. The van der Waals surface area contributed by atoms with E-state index in [0.717, 1.165) is 37.0 Å². The van der Waals surface area contributed by atoms with Crippen molar-refractivity contribution in [2.75, 3.05) is 25.1 Å². The molecule has 1 atom stereocenters. The zero-order valence-corrected chi connectivity index (χ0v) is 20.4. The van der Waals surface area contributed by atoms with Crippen LogP contribution in [0.3, 0.4) is 0 Å². The number of aliphatic carboxylic acids is 2. The monoisotopic (exact) mass is 575 g/mol. The maximum Gasteiger partial charge on any atom is 0.490 e. The average Bonchev–Trinajstić information content (AvgIpc) is 2.90. The number of morpholine rings is 1. The molecule has 10 nitrogen and oxygen atoms in total. The highest BCUT2D eigenvalue weighted by Crippen LogP contribution is 2.25. The van der Waals surface area contributed by atoms with E-state index < -0.39 is 24.3 Å². The summed E-state index contributed by atoms with van der Waals surface area (Å²) in [5, 5.41) is 17.6. The molecule has 0 spiro atoms. The van der Waals surface area contributed by atoms with E-state index in [0.29, 0.717) is 6.61 Å². The van der Waals surface area contributed by atoms with Crippen LogP contribution in [0.1, 0.15) is 17.4 Å². The van der Waals surface area contributed by atoms with Gasteiger partial charge in [0.25, 0.3) is 0 Å². The lowest BCUT2D eigenvalue weighted by molar-refractivity contribution is -0.193. The summed E-state index contributed by atoms with van der Waals surface area (Å²) >= 11 is 0. The van der Waals surface area contributed by atoms with Gasteiger partial charge in [-0.05, 0) is 29.8 Å². The average molecular weight is 575 g/mol. The Balaban J connectivity index is 0.000000333. The zero-order chi connectivity index (χ0) is 29.8. The number of para-hydroxylation sites is 1. The number of anilines is 2. The Hall–Kier alpha value is -4.31. The molecule has 0 aliphatic carbocycles. The number of carboxylic acids is 2. The highest BCUT2D eigenvalue weighted by atomic mass is 19.4. The fourth-order valence-corrected chi connectivity index (χ4v) is 3.06. The molecule has 2 aromatic heterocycles. The van der Waals surface area contributed by atoms with Crippen LogP contribution in [0.25, 0.3) is 0 Å². The van der Waals surface area contributed by atoms with Crippen LogP contribution in [0.4, 0.5) is 37.8 Å². The quantitative estimate of drug-likeness (QED) is 0.374. The van der Waals surface area contributed by atoms with E-state index in [2.05, 4.69) is 26.3 Å². The number of nitrogens with one attached hydrogen (secondary N) is 1. The number of aromatic nitrogens is 3. The molecule has 1 unspecified atom stereocenters. The van der Waals surface area contributed by atoms with Gasteiger partial charge < -0.3 is 20.3 Å². The van der Waals surface area contributed by atoms with Gasteiger partial charge >= 0.3 is 24.3 Å². The van der Waals surface area contributed by atoms with Gasteiger partial charge in [-0.2, -0.15) is 26.3 Å². The Labute approximate surface area is 223 Å². The van der Waals surface area contributed by atoms with Crippen LogP contribution in [-0.4, -0.2) is 74.1 Å². The normalized spacial score (nSPS) is 15.5. The Morgan fingerprint density at radius 3 is 2.12 bits per heavy atom. The summed E-state index contributed by atoms with van der Waals surface area (Å²) in [6.07, 6.45) is -4.67. The van der Waals surface area contributed by atoms with Gasteiger partial charge in [0, 0.05) is 37.4 Å². The molecule has 0 saturated carbocycles. The second-order valence-electron chi connectivity index (χ2n) is 7.82. The molecule has 4 rings (SSSR count). The number of carboxylic acid groups (broad SMARTS) is 2. The molecular formula is C24H23F6N5O5. The number of ether oxygens (including phenoxy) is 1. The third-order valence-electron chi connectivity index (χ3n) is 4.85. The number of carbonyl (C=O) groups is 2. The van der Waals surface area contributed by atoms with Gasteiger partial charge in [0.2, 0.25) is 0 Å². The first-order valence-corrected chi connectivity index (χ1v) is 11.2. The fourth-order valence-electron chi connectivity index (χ4n) is 3.06. The number of nitrogens with zero attached hydrogens (tertiary/aromatic N) is 4. The minimum atomic E-state index is -5.08. The molecule has 16 heteroatoms. The molecule has 0 radical (unpaired) electrons. The Morgan fingerprint density at radius 2 is 1.57 bits per heavy atom. The number of pyridine rings is 1. The van der Waals surface area contributed by atoms with Crippen LogP contribution in [0.2, 0.25) is 0 Å². The summed E-state index contributed by atoms with van der Waals surface area (Å²) in [5.41, 5.74) is 2.18. The Bertz CT molecular complexity index is 1190. The van der Waals surface area contributed by atoms with E-state index >= 15 is 0 Å². The van der Waals surface area contributed by atoms with Crippen LogP contribution < -0.4 is 5.32 Å². The fraction of sp³-hybridized carbons (Fsp3) is 0.292. The highest BCUT2D eigenvalue weighted by molar-refractivity contribution is 5.73. The molecule has 216 valence electrons. The zero-order valence-electron chi connectivity index (χ0n) is 20.4. The van der Waals surface area contributed by atoms with Crippen molar-refractivity contribution in [2.45, 2.75) is 24.9 Å². The summed E-state index contributed by atoms with van der Waals surface area (Å²) in [7, 11) is 0. The summed E-state index contributed by atoms with van der Waals surface area (Å²) in [6, 6.07) is 16.0. The van der Waals surface area contributed by atoms with Gasteiger partial charge in [-0.15, -0.1) is 0 Å². The molecule has 3 N–H and O–H groups in total. The van der Waals surface area contributed by atoms with Crippen LogP contribution >= 0.6 is 0 Å². The van der Waals surface area contributed by atoms with E-state index in [1.54, 1.807) is 12.4 Å². The van der Waals surface area contributed by atoms with Gasteiger partial charge in [-0.25, -0.2) is 19.6 Å². The maximum absolute atomic E-state index is 10.6. The predicted octanol–water partition coefficient (Wildman–Crippen LogP) is 4.46. The van der Waals surface area contributed by atoms with E-state index in [1.807, 2.05) is 48.7 Å². The molecule has 0 bridgehead atoms. The lowest BCUT2D eigenvalue weighted by atomic mass is 10.1. The van der Waals surface area contributed by atoms with Crippen molar-refractivity contribution >= 4 is 23.4 Å². The first-order valence-electron chi connectivity index (χ1n) is 11.2. The van der Waals surface area contributed by atoms with Crippen molar-refractivity contribution in [3.63, 3.8) is 0 Å². The van der Waals surface area contributed by atoms with Crippen molar-refractivity contribution in [1.82, 2.24) is 19.9 Å². The van der Waals surface area contributed by atoms with E-state index in [-0.39, 0.29) is 6.04 Å². The number of benzene rings is 1. The second kappa shape index (κ2) is 14.7. The molecule has 1 aliphatic heterocycles. The van der Waals surface area contributed by atoms with Crippen molar-refractivity contribution in [2.24, 2.45) is 0 Å². The van der Waals surface area contributed by atoms with E-state index in [1.165, 1.54) is 5.56 Å². The summed E-state index contributed by atoms with van der Waals surface area (Å²) in [6.45, 7) is 2.97. The van der Waals surface area contributed by atoms with Crippen molar-refractivity contribution in [3.8, 4) is 0 Å². The third kappa shape index (κ3) is 11.2. The molecule has 1 fully saturated rings. The molecule has 1 aromatic carbocycles. The van der Waals surface area contributed by atoms with Crippen LogP contribution in [0.5, 0.6) is 0 Å². The first kappa shape index (κ1) is 31.9. The number of hydrogen-bond acceptors (Lipinski definition) is 8. The van der Waals surface area contributed by atoms with Crippen LogP contribution in [0.15, 0.2) is 67.1 Å². The topological polar surface area (TPSA) is 138 Å². The molecule has 1 aliphatic rings. The SMILES string of the molecule is O=C(O)C(F)(F)F.O=C(O)C(F)(F)F.c1ccc(Nc2ccnc(C3COCCN3Cc3cccnc3)n2)cc1. The summed E-state index contributed by atoms with van der Waals surface area (Å²) in [5.74, 6) is -3.96. The van der Waals surface area contributed by atoms with Crippen molar-refractivity contribution in [3.05, 3.63) is 78.5 Å². The van der Waals surface area contributed by atoms with Gasteiger partial charge in [0.05, 0.1) is 19.3 Å². The van der Waals surface area contributed by atoms with Gasteiger partial charge in [-0.3, -0.25) is 9.88 Å². The van der Waals surface area contributed by atoms with Crippen LogP contribution in [-0.2, 0) is 20.9 Å². The predicted molar refractivity (Wildman–Crippen MR) is 127 cm³/mol. The van der Waals surface area contributed by atoms with Crippen molar-refractivity contribution in [1.29, 1.82) is 0 Å². The Morgan fingerprint density at radius 1 is 0.950 bits per heavy atom. The number of halogens is 6. The number of hydrogen-bond donors (Lipinski definition) is 3. The number of alkyl halides is 6. The minimum Gasteiger partial charge on any atom is -0.475 e. The van der Waals surface area contributed by atoms with Gasteiger partial charge in [0.1, 0.15) is 11.6 Å². The lowest BCUT2D eigenvalue weighted by Crippen LogP contribution is -2.39. The van der Waals surface area contributed by atoms with E-state index in [4.69, 9.17) is 29.5 Å². The molecule has 40 heavy (non-hydrogen) atoms. The minimum absolute atomic E-state index is 0.0291. The van der Waals surface area contributed by atoms with E-state index in [9.17, 15) is 26.3 Å². The van der Waals surface area contributed by atoms with Gasteiger partial charge in [0.15, 0.2) is 0 Å². The Kier molecular flexibility index (Phi) is 11.8. The molecule has 0 amide bonds. The van der Waals surface area contributed by atoms with Gasteiger partial charge in [-0.1, -0.05) is 24.3 Å². The number of rotatable bonds is 5. The van der Waals surface area contributed by atoms with Crippen LogP contribution in [0, 0.1) is 0 Å². The third-order valence-corrected chi connectivity index (χ3v) is 4.85. The smallest absolute Gasteiger partial charge is 0.475 e. The summed E-state index contributed by atoms with van der Waals surface area (Å²) in [4.78, 5) is 33.6. The lowest BCUT2D eigenvalue weighted by Gasteiger charge is -2.34.